The van der Waals surface area contributed by atoms with Crippen LogP contribution in [0.4, 0.5) is 0 Å². The zero-order valence-corrected chi connectivity index (χ0v) is 9.00. The van der Waals surface area contributed by atoms with Gasteiger partial charge in [-0.3, -0.25) is 0 Å². The van der Waals surface area contributed by atoms with Gasteiger partial charge in [0, 0.05) is 0 Å². The van der Waals surface area contributed by atoms with Crippen LogP contribution in [0.2, 0.25) is 0 Å². The predicted octanol–water partition coefficient (Wildman–Crippen LogP) is 2.80. The smallest absolute Gasteiger partial charge is 0.314 e. The molecule has 4 nitrogen and oxygen atoms in total. The first-order valence-corrected chi connectivity index (χ1v) is 5.00. The Morgan fingerprint density at radius 2 is 2.27 bits per heavy atom. The third-order valence-electron chi connectivity index (χ3n) is 1.88. The van der Waals surface area contributed by atoms with E-state index in [9.17, 15) is 0 Å². The molecule has 0 amide bonds. The van der Waals surface area contributed by atoms with Gasteiger partial charge in [-0.05, 0) is 31.3 Å². The number of aromatic amines is 1. The summed E-state index contributed by atoms with van der Waals surface area (Å²) in [5.74, 6) is 1.35. The fraction of sp³-hybridized carbons (Fsp3) is 0.200. The van der Waals surface area contributed by atoms with Gasteiger partial charge in [0.05, 0.1) is 12.2 Å². The second-order valence-electron chi connectivity index (χ2n) is 2.86. The Kier molecular flexibility index (Phi) is 2.82. The van der Waals surface area contributed by atoms with Gasteiger partial charge in [-0.15, -0.1) is 0 Å². The van der Waals surface area contributed by atoms with Gasteiger partial charge in [-0.25, -0.2) is 5.16 Å². The molecule has 0 fully saturated rings. The van der Waals surface area contributed by atoms with Gasteiger partial charge in [0.1, 0.15) is 5.75 Å². The lowest BCUT2D eigenvalue weighted by Gasteiger charge is -2.06. The van der Waals surface area contributed by atoms with Crippen LogP contribution >= 0.6 is 12.2 Å². The third kappa shape index (κ3) is 2.07. The second-order valence-corrected chi connectivity index (χ2v) is 3.21. The van der Waals surface area contributed by atoms with Crippen molar-refractivity contribution in [1.29, 1.82) is 0 Å². The quantitative estimate of drug-likeness (QED) is 0.811. The number of hydrogen-bond donors (Lipinski definition) is 1. The first kappa shape index (κ1) is 9.92. The number of hydrogen-bond acceptors (Lipinski definition) is 4. The molecular weight excluding hydrogens is 212 g/mol. The van der Waals surface area contributed by atoms with Crippen LogP contribution in [0, 0.1) is 4.84 Å². The van der Waals surface area contributed by atoms with Crippen molar-refractivity contribution in [1.82, 2.24) is 10.1 Å². The number of rotatable bonds is 3. The van der Waals surface area contributed by atoms with Crippen molar-refractivity contribution in [3.8, 4) is 17.1 Å². The fourth-order valence-electron chi connectivity index (χ4n) is 1.29. The molecule has 0 unspecified atom stereocenters. The molecule has 0 atom stereocenters. The van der Waals surface area contributed by atoms with Crippen LogP contribution in [0.25, 0.3) is 11.4 Å². The SMILES string of the molecule is CCOc1ccccc1-c1nc(=S)o[nH]1. The lowest BCUT2D eigenvalue weighted by Crippen LogP contribution is -1.94. The summed E-state index contributed by atoms with van der Waals surface area (Å²) in [6.45, 7) is 2.54. The lowest BCUT2D eigenvalue weighted by atomic mass is 10.2. The minimum Gasteiger partial charge on any atom is -0.493 e. The van der Waals surface area contributed by atoms with E-state index >= 15 is 0 Å². The highest BCUT2D eigenvalue weighted by molar-refractivity contribution is 7.71. The Labute approximate surface area is 91.9 Å². The molecule has 0 spiro atoms. The second kappa shape index (κ2) is 4.27. The Morgan fingerprint density at radius 1 is 1.47 bits per heavy atom. The van der Waals surface area contributed by atoms with Crippen LogP contribution in [-0.4, -0.2) is 16.7 Å². The molecule has 0 bridgehead atoms. The van der Waals surface area contributed by atoms with Crippen molar-refractivity contribution in [2.75, 3.05) is 6.61 Å². The molecule has 0 radical (unpaired) electrons. The maximum atomic E-state index is 5.46. The molecule has 2 rings (SSSR count). The topological polar surface area (TPSA) is 51.1 Å². The van der Waals surface area contributed by atoms with Crippen LogP contribution in [-0.2, 0) is 0 Å². The maximum Gasteiger partial charge on any atom is 0.314 e. The first-order valence-electron chi connectivity index (χ1n) is 4.59. The first-order chi connectivity index (χ1) is 7.31. The van der Waals surface area contributed by atoms with Crippen molar-refractivity contribution in [3.05, 3.63) is 29.1 Å². The maximum absolute atomic E-state index is 5.46. The van der Waals surface area contributed by atoms with Crippen molar-refractivity contribution < 1.29 is 9.26 Å². The standard InChI is InChI=1S/C10H10N2O2S/c1-2-13-8-6-4-3-5-7(8)9-11-10(15)14-12-9/h3-6H,2H2,1H3,(H,11,12,15). The number of ether oxygens (including phenoxy) is 1. The van der Waals surface area contributed by atoms with Gasteiger partial charge in [-0.1, -0.05) is 12.1 Å². The van der Waals surface area contributed by atoms with E-state index in [0.717, 1.165) is 11.3 Å². The Morgan fingerprint density at radius 3 is 2.93 bits per heavy atom. The highest BCUT2D eigenvalue weighted by Crippen LogP contribution is 2.26. The summed E-state index contributed by atoms with van der Waals surface area (Å²) in [6, 6.07) is 7.59. The van der Waals surface area contributed by atoms with Gasteiger partial charge < -0.3 is 9.26 Å². The van der Waals surface area contributed by atoms with Crippen LogP contribution in [0.15, 0.2) is 28.8 Å². The van der Waals surface area contributed by atoms with E-state index in [0.29, 0.717) is 12.4 Å². The van der Waals surface area contributed by atoms with E-state index in [2.05, 4.69) is 10.1 Å². The minimum absolute atomic E-state index is 0.191. The Bertz CT molecular complexity index is 504. The molecule has 0 aliphatic heterocycles. The molecule has 0 saturated carbocycles. The van der Waals surface area contributed by atoms with Crippen molar-refractivity contribution >= 4 is 12.2 Å². The normalized spacial score (nSPS) is 10.2. The van der Waals surface area contributed by atoms with Crippen LogP contribution in [0.5, 0.6) is 5.75 Å². The average Bonchev–Trinajstić information content (AvgIpc) is 2.66. The summed E-state index contributed by atoms with van der Waals surface area (Å²) < 4.78 is 10.3. The highest BCUT2D eigenvalue weighted by Gasteiger charge is 2.08. The zero-order chi connectivity index (χ0) is 10.7. The lowest BCUT2D eigenvalue weighted by molar-refractivity contribution is 0.341. The molecule has 1 N–H and O–H groups in total. The molecule has 1 heterocycles. The van der Waals surface area contributed by atoms with Crippen molar-refractivity contribution in [2.24, 2.45) is 0 Å². The van der Waals surface area contributed by atoms with Gasteiger partial charge in [0.2, 0.25) is 0 Å². The molecule has 1 aromatic heterocycles. The summed E-state index contributed by atoms with van der Waals surface area (Å²) in [4.78, 5) is 4.23. The van der Waals surface area contributed by atoms with E-state index in [1.54, 1.807) is 0 Å². The Hall–Kier alpha value is -1.62. The van der Waals surface area contributed by atoms with Gasteiger partial charge in [-0.2, -0.15) is 4.98 Å². The summed E-state index contributed by atoms with van der Waals surface area (Å²) in [7, 11) is 0. The van der Waals surface area contributed by atoms with Crippen LogP contribution in [0.3, 0.4) is 0 Å². The largest absolute Gasteiger partial charge is 0.493 e. The predicted molar refractivity (Wildman–Crippen MR) is 58.3 cm³/mol. The van der Waals surface area contributed by atoms with Gasteiger partial charge in [0.15, 0.2) is 5.82 Å². The van der Waals surface area contributed by atoms with E-state index in [1.807, 2.05) is 31.2 Å². The molecular formula is C10H10N2O2S. The number of H-pyrrole nitrogens is 1. The number of aromatic nitrogens is 2. The van der Waals surface area contributed by atoms with E-state index in [-0.39, 0.29) is 4.84 Å². The molecule has 0 aliphatic carbocycles. The highest BCUT2D eigenvalue weighted by atomic mass is 32.1. The molecule has 2 aromatic rings. The number of benzene rings is 1. The van der Waals surface area contributed by atoms with Crippen LogP contribution in [0.1, 0.15) is 6.92 Å². The van der Waals surface area contributed by atoms with Gasteiger partial charge in [0.25, 0.3) is 0 Å². The average molecular weight is 222 g/mol. The number of para-hydroxylation sites is 1. The van der Waals surface area contributed by atoms with Gasteiger partial charge >= 0.3 is 4.84 Å². The third-order valence-corrected chi connectivity index (χ3v) is 2.05. The summed E-state index contributed by atoms with van der Waals surface area (Å²) >= 11 is 4.79. The van der Waals surface area contributed by atoms with E-state index < -0.39 is 0 Å². The molecule has 1 aromatic carbocycles. The number of nitrogens with zero attached hydrogens (tertiary/aromatic N) is 1. The number of nitrogens with one attached hydrogen (secondary N) is 1. The summed E-state index contributed by atoms with van der Waals surface area (Å²) in [5.41, 5.74) is 0.846. The summed E-state index contributed by atoms with van der Waals surface area (Å²) in [5, 5.41) is 2.65. The van der Waals surface area contributed by atoms with Crippen molar-refractivity contribution in [3.63, 3.8) is 0 Å². The van der Waals surface area contributed by atoms with E-state index in [1.165, 1.54) is 0 Å². The van der Waals surface area contributed by atoms with Crippen molar-refractivity contribution in [2.45, 2.75) is 6.92 Å². The van der Waals surface area contributed by atoms with Crippen LogP contribution < -0.4 is 4.74 Å². The van der Waals surface area contributed by atoms with E-state index in [4.69, 9.17) is 21.5 Å². The molecule has 15 heavy (non-hydrogen) atoms. The Balaban J connectivity index is 2.47. The molecule has 78 valence electrons. The zero-order valence-electron chi connectivity index (χ0n) is 8.19. The fourth-order valence-corrected chi connectivity index (χ4v) is 1.42. The monoisotopic (exact) mass is 222 g/mol. The molecule has 0 saturated heterocycles. The summed E-state index contributed by atoms with van der Waals surface area (Å²) in [6.07, 6.45) is 0. The molecule has 0 aliphatic rings. The molecule has 5 heteroatoms. The minimum atomic E-state index is 0.191.